The Bertz CT molecular complexity index is 59.6. The number of aliphatic hydroxyl groups excluding tert-OH is 1. The molecule has 0 saturated heterocycles. The van der Waals surface area contributed by atoms with E-state index in [2.05, 4.69) is 12.2 Å². The molecule has 10 heavy (non-hydrogen) atoms. The molecule has 0 aromatic heterocycles. The third-order valence-corrected chi connectivity index (χ3v) is 1.15. The van der Waals surface area contributed by atoms with Crippen LogP contribution in [0.2, 0.25) is 0 Å². The molecule has 0 rings (SSSR count). The minimum atomic E-state index is -0.207. The van der Waals surface area contributed by atoms with Crippen molar-refractivity contribution in [1.29, 1.82) is 0 Å². The number of hydrogen-bond acceptors (Lipinski definition) is 2. The van der Waals surface area contributed by atoms with Crippen molar-refractivity contribution in [2.45, 2.75) is 32.8 Å². The van der Waals surface area contributed by atoms with Gasteiger partial charge in [-0.15, -0.1) is 12.4 Å². The highest BCUT2D eigenvalue weighted by atomic mass is 35.5. The predicted octanol–water partition coefficient (Wildman–Crippen LogP) is 1.18. The molecule has 0 aliphatic carbocycles. The summed E-state index contributed by atoms with van der Waals surface area (Å²) < 4.78 is 0. The summed E-state index contributed by atoms with van der Waals surface area (Å²) in [6, 6.07) is 0. The molecule has 0 aromatic carbocycles. The van der Waals surface area contributed by atoms with Crippen LogP contribution < -0.4 is 5.32 Å². The minimum absolute atomic E-state index is 0. The van der Waals surface area contributed by atoms with Gasteiger partial charge in [0.1, 0.15) is 0 Å². The lowest BCUT2D eigenvalue weighted by atomic mass is 10.3. The number of hydrogen-bond donors (Lipinski definition) is 2. The number of aliphatic hydroxyl groups is 1. The Kier molecular flexibility index (Phi) is 11.8. The lowest BCUT2D eigenvalue weighted by Crippen LogP contribution is -2.25. The van der Waals surface area contributed by atoms with Crippen LogP contribution in [0.3, 0.4) is 0 Å². The second-order valence-corrected chi connectivity index (χ2v) is 2.41. The van der Waals surface area contributed by atoms with Crippen LogP contribution >= 0.6 is 12.4 Å². The van der Waals surface area contributed by atoms with E-state index >= 15 is 0 Å². The molecule has 0 spiro atoms. The summed E-state index contributed by atoms with van der Waals surface area (Å²) in [4.78, 5) is 0. The Morgan fingerprint density at radius 1 is 1.50 bits per heavy atom. The van der Waals surface area contributed by atoms with Crippen LogP contribution in [0.25, 0.3) is 0 Å². The average Bonchev–Trinajstić information content (AvgIpc) is 1.80. The maximum absolute atomic E-state index is 8.79. The van der Waals surface area contributed by atoms with E-state index in [4.69, 9.17) is 5.11 Å². The summed E-state index contributed by atoms with van der Waals surface area (Å²) in [5.74, 6) is 0. The van der Waals surface area contributed by atoms with Gasteiger partial charge in [0.25, 0.3) is 0 Å². The van der Waals surface area contributed by atoms with Crippen LogP contribution in [0.1, 0.15) is 26.7 Å². The van der Waals surface area contributed by atoms with Gasteiger partial charge >= 0.3 is 0 Å². The standard InChI is InChI=1S/C7H17NO.ClH/c1-3-4-5-8-6-7(2)9;/h7-9H,3-6H2,1-2H3;1H. The SMILES string of the molecule is CCCCNCC(C)O.Cl. The monoisotopic (exact) mass is 167 g/mol. The first-order valence-electron chi connectivity index (χ1n) is 3.66. The Labute approximate surface area is 69.4 Å². The third kappa shape index (κ3) is 11.1. The van der Waals surface area contributed by atoms with Crippen molar-refractivity contribution in [3.8, 4) is 0 Å². The Morgan fingerprint density at radius 2 is 2.10 bits per heavy atom. The van der Waals surface area contributed by atoms with Gasteiger partial charge in [0, 0.05) is 6.54 Å². The van der Waals surface area contributed by atoms with Crippen molar-refractivity contribution in [3.63, 3.8) is 0 Å². The molecule has 0 radical (unpaired) electrons. The summed E-state index contributed by atoms with van der Waals surface area (Å²) in [6.07, 6.45) is 2.21. The Balaban J connectivity index is 0. The molecule has 0 aliphatic rings. The normalized spacial score (nSPS) is 12.3. The van der Waals surface area contributed by atoms with E-state index in [1.54, 1.807) is 6.92 Å². The quantitative estimate of drug-likeness (QED) is 0.603. The van der Waals surface area contributed by atoms with Gasteiger partial charge in [0.05, 0.1) is 6.10 Å². The van der Waals surface area contributed by atoms with E-state index in [1.807, 2.05) is 0 Å². The Hall–Kier alpha value is 0.210. The maximum atomic E-state index is 8.79. The highest BCUT2D eigenvalue weighted by Gasteiger charge is 1.91. The lowest BCUT2D eigenvalue weighted by Gasteiger charge is -2.04. The van der Waals surface area contributed by atoms with E-state index < -0.39 is 0 Å². The fraction of sp³-hybridized carbons (Fsp3) is 1.00. The van der Waals surface area contributed by atoms with Gasteiger partial charge < -0.3 is 10.4 Å². The molecular weight excluding hydrogens is 150 g/mol. The van der Waals surface area contributed by atoms with Gasteiger partial charge in [-0.3, -0.25) is 0 Å². The van der Waals surface area contributed by atoms with Crippen LogP contribution in [0.4, 0.5) is 0 Å². The molecule has 64 valence electrons. The largest absolute Gasteiger partial charge is 0.392 e. The maximum Gasteiger partial charge on any atom is 0.0636 e. The number of rotatable bonds is 5. The second-order valence-electron chi connectivity index (χ2n) is 2.41. The first-order chi connectivity index (χ1) is 4.27. The molecule has 0 aromatic rings. The summed E-state index contributed by atoms with van der Waals surface area (Å²) in [5, 5.41) is 11.9. The van der Waals surface area contributed by atoms with E-state index in [9.17, 15) is 0 Å². The molecular formula is C7H18ClNO. The van der Waals surface area contributed by atoms with Gasteiger partial charge in [-0.1, -0.05) is 13.3 Å². The molecule has 0 heterocycles. The molecule has 2 N–H and O–H groups in total. The summed E-state index contributed by atoms with van der Waals surface area (Å²) in [5.41, 5.74) is 0. The molecule has 0 fully saturated rings. The van der Waals surface area contributed by atoms with Crippen LogP contribution in [0, 0.1) is 0 Å². The Morgan fingerprint density at radius 3 is 2.50 bits per heavy atom. The smallest absolute Gasteiger partial charge is 0.0636 e. The molecule has 0 bridgehead atoms. The summed E-state index contributed by atoms with van der Waals surface area (Å²) >= 11 is 0. The molecule has 0 saturated carbocycles. The van der Waals surface area contributed by atoms with Gasteiger partial charge in [0.15, 0.2) is 0 Å². The molecule has 0 aliphatic heterocycles. The molecule has 0 amide bonds. The molecule has 3 heteroatoms. The zero-order chi connectivity index (χ0) is 7.11. The third-order valence-electron chi connectivity index (χ3n) is 1.15. The van der Waals surface area contributed by atoms with Crippen molar-refractivity contribution in [1.82, 2.24) is 5.32 Å². The van der Waals surface area contributed by atoms with Crippen LogP contribution in [-0.2, 0) is 0 Å². The first-order valence-corrected chi connectivity index (χ1v) is 3.66. The molecule has 2 nitrogen and oxygen atoms in total. The highest BCUT2D eigenvalue weighted by Crippen LogP contribution is 1.82. The molecule has 1 atom stereocenters. The number of nitrogens with one attached hydrogen (secondary N) is 1. The average molecular weight is 168 g/mol. The van der Waals surface area contributed by atoms with E-state index in [1.165, 1.54) is 12.8 Å². The summed E-state index contributed by atoms with van der Waals surface area (Å²) in [6.45, 7) is 5.70. The van der Waals surface area contributed by atoms with E-state index in [-0.39, 0.29) is 18.5 Å². The highest BCUT2D eigenvalue weighted by molar-refractivity contribution is 5.85. The fourth-order valence-corrected chi connectivity index (χ4v) is 0.613. The second kappa shape index (κ2) is 9.21. The summed E-state index contributed by atoms with van der Waals surface area (Å²) in [7, 11) is 0. The molecule has 1 unspecified atom stereocenters. The lowest BCUT2D eigenvalue weighted by molar-refractivity contribution is 0.191. The topological polar surface area (TPSA) is 32.3 Å². The number of unbranched alkanes of at least 4 members (excludes halogenated alkanes) is 1. The zero-order valence-electron chi connectivity index (χ0n) is 6.76. The van der Waals surface area contributed by atoms with Gasteiger partial charge in [-0.05, 0) is 19.9 Å². The van der Waals surface area contributed by atoms with Crippen molar-refractivity contribution in [2.24, 2.45) is 0 Å². The number of halogens is 1. The van der Waals surface area contributed by atoms with Gasteiger partial charge in [-0.25, -0.2) is 0 Å². The van der Waals surface area contributed by atoms with Crippen molar-refractivity contribution >= 4 is 12.4 Å². The van der Waals surface area contributed by atoms with Crippen molar-refractivity contribution < 1.29 is 5.11 Å². The van der Waals surface area contributed by atoms with Gasteiger partial charge in [0.2, 0.25) is 0 Å². The minimum Gasteiger partial charge on any atom is -0.392 e. The zero-order valence-corrected chi connectivity index (χ0v) is 7.58. The predicted molar refractivity (Wildman–Crippen MR) is 46.7 cm³/mol. The van der Waals surface area contributed by atoms with Crippen LogP contribution in [0.15, 0.2) is 0 Å². The first kappa shape index (κ1) is 12.8. The fourth-order valence-electron chi connectivity index (χ4n) is 0.613. The van der Waals surface area contributed by atoms with Crippen LogP contribution in [-0.4, -0.2) is 24.3 Å². The van der Waals surface area contributed by atoms with E-state index in [0.29, 0.717) is 0 Å². The van der Waals surface area contributed by atoms with E-state index in [0.717, 1.165) is 13.1 Å². The van der Waals surface area contributed by atoms with Crippen molar-refractivity contribution in [3.05, 3.63) is 0 Å². The van der Waals surface area contributed by atoms with Crippen molar-refractivity contribution in [2.75, 3.05) is 13.1 Å². The van der Waals surface area contributed by atoms with Gasteiger partial charge in [-0.2, -0.15) is 0 Å². The van der Waals surface area contributed by atoms with Crippen LogP contribution in [0.5, 0.6) is 0 Å².